The van der Waals surface area contributed by atoms with Crippen LogP contribution >= 0.6 is 0 Å². The maximum Gasteiger partial charge on any atom is 0.161 e. The standard InChI is InChI=1S/C14H18O3/c1-16-13-8-10-5-3-4-6-12(15)7-11(10)9-14(13)17-2/h8-9H,3-7H2,1-2H3. The number of carbonyl (C=O) groups is 1. The van der Waals surface area contributed by atoms with Crippen LogP contribution in [-0.2, 0) is 17.6 Å². The fourth-order valence-corrected chi connectivity index (χ4v) is 2.30. The second-order valence-corrected chi connectivity index (χ2v) is 4.40. The number of hydrogen-bond donors (Lipinski definition) is 0. The molecule has 0 unspecified atom stereocenters. The van der Waals surface area contributed by atoms with Gasteiger partial charge in [-0.05, 0) is 42.5 Å². The number of benzene rings is 1. The summed E-state index contributed by atoms with van der Waals surface area (Å²) in [4.78, 5) is 11.7. The molecule has 1 aromatic rings. The Bertz CT molecular complexity index is 424. The van der Waals surface area contributed by atoms with Crippen molar-refractivity contribution in [3.8, 4) is 11.5 Å². The van der Waals surface area contributed by atoms with Gasteiger partial charge in [0.05, 0.1) is 14.2 Å². The molecule has 17 heavy (non-hydrogen) atoms. The molecule has 0 heterocycles. The molecule has 0 saturated carbocycles. The van der Waals surface area contributed by atoms with Crippen LogP contribution in [0.2, 0.25) is 0 Å². The van der Waals surface area contributed by atoms with Gasteiger partial charge >= 0.3 is 0 Å². The van der Waals surface area contributed by atoms with Gasteiger partial charge in [-0.15, -0.1) is 0 Å². The Morgan fingerprint density at radius 3 is 2.18 bits per heavy atom. The lowest BCUT2D eigenvalue weighted by Crippen LogP contribution is -2.09. The zero-order valence-electron chi connectivity index (χ0n) is 10.4. The minimum Gasteiger partial charge on any atom is -0.493 e. The van der Waals surface area contributed by atoms with Crippen molar-refractivity contribution in [1.29, 1.82) is 0 Å². The first kappa shape index (κ1) is 12.0. The quantitative estimate of drug-likeness (QED) is 0.788. The Kier molecular flexibility index (Phi) is 3.67. The van der Waals surface area contributed by atoms with Gasteiger partial charge in [0, 0.05) is 12.8 Å². The summed E-state index contributed by atoms with van der Waals surface area (Å²) in [5.41, 5.74) is 2.31. The molecule has 0 spiro atoms. The van der Waals surface area contributed by atoms with Gasteiger partial charge < -0.3 is 9.47 Å². The van der Waals surface area contributed by atoms with Crippen molar-refractivity contribution >= 4 is 5.78 Å². The van der Waals surface area contributed by atoms with Crippen LogP contribution in [0.1, 0.15) is 30.4 Å². The van der Waals surface area contributed by atoms with Gasteiger partial charge in [0.1, 0.15) is 5.78 Å². The van der Waals surface area contributed by atoms with E-state index in [0.29, 0.717) is 24.4 Å². The van der Waals surface area contributed by atoms with Crippen LogP contribution in [-0.4, -0.2) is 20.0 Å². The van der Waals surface area contributed by atoms with Crippen molar-refractivity contribution in [2.24, 2.45) is 0 Å². The number of hydrogen-bond acceptors (Lipinski definition) is 3. The van der Waals surface area contributed by atoms with Crippen molar-refractivity contribution in [1.82, 2.24) is 0 Å². The van der Waals surface area contributed by atoms with Gasteiger partial charge in [-0.25, -0.2) is 0 Å². The fraction of sp³-hybridized carbons (Fsp3) is 0.500. The largest absolute Gasteiger partial charge is 0.493 e. The Balaban J connectivity index is 2.41. The number of carbonyl (C=O) groups excluding carboxylic acids is 1. The number of aryl methyl sites for hydroxylation is 1. The molecule has 1 aliphatic rings. The van der Waals surface area contributed by atoms with E-state index in [4.69, 9.17) is 9.47 Å². The molecule has 0 saturated heterocycles. The predicted octanol–water partition coefficient (Wildman–Crippen LogP) is 2.54. The molecule has 0 radical (unpaired) electrons. The number of ketones is 1. The molecule has 3 nitrogen and oxygen atoms in total. The lowest BCUT2D eigenvalue weighted by molar-refractivity contribution is -0.118. The van der Waals surface area contributed by atoms with Gasteiger partial charge in [0.2, 0.25) is 0 Å². The molecule has 0 aromatic heterocycles. The summed E-state index contributed by atoms with van der Waals surface area (Å²) in [6.07, 6.45) is 4.30. The number of fused-ring (bicyclic) bond motifs is 1. The highest BCUT2D eigenvalue weighted by atomic mass is 16.5. The molecule has 1 aliphatic carbocycles. The molecule has 92 valence electrons. The molecule has 0 amide bonds. The van der Waals surface area contributed by atoms with E-state index in [-0.39, 0.29) is 0 Å². The Morgan fingerprint density at radius 2 is 1.53 bits per heavy atom. The molecule has 0 bridgehead atoms. The van der Waals surface area contributed by atoms with E-state index in [1.54, 1.807) is 14.2 Å². The molecule has 1 aromatic carbocycles. The van der Waals surface area contributed by atoms with Crippen LogP contribution in [0.15, 0.2) is 12.1 Å². The van der Waals surface area contributed by atoms with Crippen molar-refractivity contribution in [2.75, 3.05) is 14.2 Å². The molecular weight excluding hydrogens is 216 g/mol. The monoisotopic (exact) mass is 234 g/mol. The first-order chi connectivity index (χ1) is 8.24. The highest BCUT2D eigenvalue weighted by molar-refractivity contribution is 5.81. The van der Waals surface area contributed by atoms with E-state index in [9.17, 15) is 4.79 Å². The molecule has 0 aliphatic heterocycles. The van der Waals surface area contributed by atoms with Gasteiger partial charge in [0.15, 0.2) is 11.5 Å². The lowest BCUT2D eigenvalue weighted by atomic mass is 9.92. The van der Waals surface area contributed by atoms with Crippen molar-refractivity contribution in [3.63, 3.8) is 0 Å². The van der Waals surface area contributed by atoms with Crippen molar-refractivity contribution < 1.29 is 14.3 Å². The Hall–Kier alpha value is -1.51. The molecule has 0 fully saturated rings. The van der Waals surface area contributed by atoms with E-state index >= 15 is 0 Å². The SMILES string of the molecule is COc1cc2c(cc1OC)CC(=O)CCCC2. The summed E-state index contributed by atoms with van der Waals surface area (Å²) in [6.45, 7) is 0. The maximum atomic E-state index is 11.7. The van der Waals surface area contributed by atoms with E-state index in [1.807, 2.05) is 12.1 Å². The van der Waals surface area contributed by atoms with Crippen molar-refractivity contribution in [2.45, 2.75) is 32.1 Å². The van der Waals surface area contributed by atoms with E-state index in [2.05, 4.69) is 0 Å². The summed E-state index contributed by atoms with van der Waals surface area (Å²) in [5.74, 6) is 1.78. The smallest absolute Gasteiger partial charge is 0.161 e. The Morgan fingerprint density at radius 1 is 0.941 bits per heavy atom. The zero-order valence-corrected chi connectivity index (χ0v) is 10.4. The molecule has 0 atom stereocenters. The second kappa shape index (κ2) is 5.21. The lowest BCUT2D eigenvalue weighted by Gasteiger charge is -2.16. The van der Waals surface area contributed by atoms with Crippen LogP contribution in [0.4, 0.5) is 0 Å². The molecule has 0 N–H and O–H groups in total. The highest BCUT2D eigenvalue weighted by Crippen LogP contribution is 2.32. The predicted molar refractivity (Wildman–Crippen MR) is 65.8 cm³/mol. The van der Waals surface area contributed by atoms with Crippen molar-refractivity contribution in [3.05, 3.63) is 23.3 Å². The second-order valence-electron chi connectivity index (χ2n) is 4.40. The van der Waals surface area contributed by atoms with Gasteiger partial charge in [-0.1, -0.05) is 0 Å². The first-order valence-corrected chi connectivity index (χ1v) is 6.00. The average molecular weight is 234 g/mol. The van der Waals surface area contributed by atoms with Gasteiger partial charge in [-0.3, -0.25) is 4.79 Å². The topological polar surface area (TPSA) is 35.5 Å². The summed E-state index contributed by atoms with van der Waals surface area (Å²) in [6, 6.07) is 3.95. The summed E-state index contributed by atoms with van der Waals surface area (Å²) >= 11 is 0. The van der Waals surface area contributed by atoms with Crippen LogP contribution in [0, 0.1) is 0 Å². The van der Waals surface area contributed by atoms with Crippen LogP contribution in [0.25, 0.3) is 0 Å². The van der Waals surface area contributed by atoms with E-state index in [1.165, 1.54) is 5.56 Å². The van der Waals surface area contributed by atoms with E-state index in [0.717, 1.165) is 30.6 Å². The van der Waals surface area contributed by atoms with Crippen LogP contribution < -0.4 is 9.47 Å². The third-order valence-corrected chi connectivity index (χ3v) is 3.25. The molecule has 2 rings (SSSR count). The number of ether oxygens (including phenoxy) is 2. The van der Waals surface area contributed by atoms with E-state index < -0.39 is 0 Å². The van der Waals surface area contributed by atoms with Gasteiger partial charge in [0.25, 0.3) is 0 Å². The average Bonchev–Trinajstić information content (AvgIpc) is 2.32. The third-order valence-electron chi connectivity index (χ3n) is 3.25. The summed E-state index contributed by atoms with van der Waals surface area (Å²) in [7, 11) is 3.26. The zero-order chi connectivity index (χ0) is 12.3. The normalized spacial score (nSPS) is 15.8. The van der Waals surface area contributed by atoms with Gasteiger partial charge in [-0.2, -0.15) is 0 Å². The minimum absolute atomic E-state index is 0.318. The fourth-order valence-electron chi connectivity index (χ4n) is 2.30. The number of Topliss-reactive ketones (excluding diaryl/α,β-unsaturated/α-hetero) is 1. The third kappa shape index (κ3) is 2.60. The summed E-state index contributed by atoms with van der Waals surface area (Å²) < 4.78 is 10.6. The molecular formula is C14H18O3. The molecule has 3 heteroatoms. The van der Waals surface area contributed by atoms with Crippen LogP contribution in [0.3, 0.4) is 0 Å². The Labute approximate surface area is 102 Å². The number of rotatable bonds is 2. The highest BCUT2D eigenvalue weighted by Gasteiger charge is 2.16. The first-order valence-electron chi connectivity index (χ1n) is 6.00. The summed E-state index contributed by atoms with van der Waals surface area (Å²) in [5, 5.41) is 0. The minimum atomic E-state index is 0.318. The number of methoxy groups -OCH3 is 2. The maximum absolute atomic E-state index is 11.7. The van der Waals surface area contributed by atoms with Crippen LogP contribution in [0.5, 0.6) is 11.5 Å².